The molecule has 2 N–H and O–H groups in total. The molecule has 0 aromatic carbocycles. The molecule has 1 rings (SSSR count). The lowest BCUT2D eigenvalue weighted by Gasteiger charge is -2.07. The van der Waals surface area contributed by atoms with Gasteiger partial charge in [-0.15, -0.1) is 0 Å². The second-order valence-electron chi connectivity index (χ2n) is 3.88. The van der Waals surface area contributed by atoms with E-state index in [9.17, 15) is 4.79 Å². The lowest BCUT2D eigenvalue weighted by molar-refractivity contribution is 0.272. The van der Waals surface area contributed by atoms with Crippen LogP contribution in [0.3, 0.4) is 0 Å². The third-order valence-electron chi connectivity index (χ3n) is 2.06. The van der Waals surface area contributed by atoms with Crippen LogP contribution in [0.1, 0.15) is 26.0 Å². The van der Waals surface area contributed by atoms with Crippen LogP contribution in [0.15, 0.2) is 17.1 Å². The van der Waals surface area contributed by atoms with Gasteiger partial charge in [-0.3, -0.25) is 4.79 Å². The van der Waals surface area contributed by atoms with Crippen LogP contribution in [0.5, 0.6) is 5.75 Å². The molecule has 0 saturated carbocycles. The molecule has 0 aliphatic rings. The van der Waals surface area contributed by atoms with Gasteiger partial charge in [-0.1, -0.05) is 13.8 Å². The highest BCUT2D eigenvalue weighted by Crippen LogP contribution is 2.05. The molecule has 1 aromatic heterocycles. The number of hydrogen-bond donors (Lipinski definition) is 2. The Balaban J connectivity index is 2.58. The Morgan fingerprint density at radius 3 is 2.80 bits per heavy atom. The average Bonchev–Trinajstić information content (AvgIpc) is 2.20. The number of pyridine rings is 1. The molecule has 0 spiro atoms. The number of aromatic nitrogens is 1. The van der Waals surface area contributed by atoms with Crippen LogP contribution in [-0.4, -0.2) is 16.7 Å². The van der Waals surface area contributed by atoms with E-state index in [1.807, 2.05) is 0 Å². The molecule has 0 unspecified atom stereocenters. The zero-order valence-electron chi connectivity index (χ0n) is 9.12. The van der Waals surface area contributed by atoms with Crippen molar-refractivity contribution in [2.75, 3.05) is 6.61 Å². The maximum absolute atomic E-state index is 11.4. The minimum atomic E-state index is -0.193. The molecule has 0 radical (unpaired) electrons. The topological polar surface area (TPSA) is 62.3 Å². The lowest BCUT2D eigenvalue weighted by Crippen LogP contribution is -2.11. The molecule has 0 saturated heterocycles. The Labute approximate surface area is 88.9 Å². The average molecular weight is 211 g/mol. The second-order valence-corrected chi connectivity index (χ2v) is 3.88. The van der Waals surface area contributed by atoms with Crippen LogP contribution >= 0.6 is 0 Å². The molecule has 1 aromatic rings. The molecular formula is C11H17NO3. The number of rotatable bonds is 5. The van der Waals surface area contributed by atoms with Crippen LogP contribution in [0, 0.1) is 5.92 Å². The van der Waals surface area contributed by atoms with Crippen LogP contribution in [-0.2, 0) is 6.61 Å². The highest BCUT2D eigenvalue weighted by molar-refractivity contribution is 5.19. The molecule has 1 heterocycles. The summed E-state index contributed by atoms with van der Waals surface area (Å²) in [4.78, 5) is 14.2. The minimum Gasteiger partial charge on any atom is -0.488 e. The predicted molar refractivity (Wildman–Crippen MR) is 57.9 cm³/mol. The molecule has 0 fully saturated rings. The highest BCUT2D eigenvalue weighted by atomic mass is 16.5. The van der Waals surface area contributed by atoms with E-state index in [1.54, 1.807) is 0 Å². The Bertz CT molecular complexity index is 357. The second kappa shape index (κ2) is 5.56. The van der Waals surface area contributed by atoms with Crippen molar-refractivity contribution >= 4 is 0 Å². The molecule has 0 amide bonds. The first-order chi connectivity index (χ1) is 7.13. The number of aliphatic hydroxyl groups excluding tert-OH is 1. The van der Waals surface area contributed by atoms with Crippen molar-refractivity contribution in [3.8, 4) is 5.75 Å². The van der Waals surface area contributed by atoms with Crippen molar-refractivity contribution in [1.82, 2.24) is 4.98 Å². The monoisotopic (exact) mass is 211 g/mol. The molecule has 4 heteroatoms. The lowest BCUT2D eigenvalue weighted by atomic mass is 10.1. The van der Waals surface area contributed by atoms with Crippen LogP contribution in [0.2, 0.25) is 0 Å². The van der Waals surface area contributed by atoms with E-state index in [1.165, 1.54) is 12.3 Å². The van der Waals surface area contributed by atoms with Gasteiger partial charge in [0.1, 0.15) is 0 Å². The fourth-order valence-corrected chi connectivity index (χ4v) is 1.11. The van der Waals surface area contributed by atoms with Gasteiger partial charge in [0.15, 0.2) is 5.75 Å². The summed E-state index contributed by atoms with van der Waals surface area (Å²) in [5.41, 5.74) is 0.303. The first-order valence-corrected chi connectivity index (χ1v) is 5.08. The SMILES string of the molecule is CC(C)CCOc1c[nH]c(CO)cc1=O. The maximum Gasteiger partial charge on any atom is 0.223 e. The molecule has 0 aliphatic heterocycles. The molecule has 0 bridgehead atoms. The van der Waals surface area contributed by atoms with E-state index in [0.29, 0.717) is 24.0 Å². The normalized spacial score (nSPS) is 10.7. The number of nitrogens with one attached hydrogen (secondary N) is 1. The summed E-state index contributed by atoms with van der Waals surface area (Å²) in [6.07, 6.45) is 2.41. The first-order valence-electron chi connectivity index (χ1n) is 5.08. The minimum absolute atomic E-state index is 0.165. The van der Waals surface area contributed by atoms with Gasteiger partial charge in [0.2, 0.25) is 5.43 Å². The Morgan fingerprint density at radius 1 is 1.53 bits per heavy atom. The summed E-state index contributed by atoms with van der Waals surface area (Å²) in [6.45, 7) is 4.58. The molecule has 4 nitrogen and oxygen atoms in total. The highest BCUT2D eigenvalue weighted by Gasteiger charge is 2.02. The predicted octanol–water partition coefficient (Wildman–Crippen LogP) is 1.29. The summed E-state index contributed by atoms with van der Waals surface area (Å²) in [6, 6.07) is 1.35. The van der Waals surface area contributed by atoms with E-state index in [2.05, 4.69) is 18.8 Å². The van der Waals surface area contributed by atoms with Gasteiger partial charge in [-0.25, -0.2) is 0 Å². The molecule has 0 atom stereocenters. The van der Waals surface area contributed by atoms with Gasteiger partial charge >= 0.3 is 0 Å². The van der Waals surface area contributed by atoms with Crippen molar-refractivity contribution in [3.05, 3.63) is 28.2 Å². The van der Waals surface area contributed by atoms with Crippen molar-refractivity contribution in [2.24, 2.45) is 5.92 Å². The smallest absolute Gasteiger partial charge is 0.223 e. The molecule has 0 aliphatic carbocycles. The fraction of sp³-hybridized carbons (Fsp3) is 0.545. The maximum atomic E-state index is 11.4. The van der Waals surface area contributed by atoms with Gasteiger partial charge in [0.05, 0.1) is 13.2 Å². The van der Waals surface area contributed by atoms with E-state index < -0.39 is 0 Å². The third-order valence-corrected chi connectivity index (χ3v) is 2.06. The zero-order valence-corrected chi connectivity index (χ0v) is 9.12. The molecule has 15 heavy (non-hydrogen) atoms. The number of hydrogen-bond acceptors (Lipinski definition) is 3. The Hall–Kier alpha value is -1.29. The van der Waals surface area contributed by atoms with Crippen LogP contribution in [0.4, 0.5) is 0 Å². The largest absolute Gasteiger partial charge is 0.488 e. The third kappa shape index (κ3) is 3.75. The summed E-state index contributed by atoms with van der Waals surface area (Å²) in [5.74, 6) is 0.869. The van der Waals surface area contributed by atoms with Crippen molar-refractivity contribution in [3.63, 3.8) is 0 Å². The fourth-order valence-electron chi connectivity index (χ4n) is 1.11. The van der Waals surface area contributed by atoms with Gasteiger partial charge in [-0.2, -0.15) is 0 Å². The number of aromatic amines is 1. The van der Waals surface area contributed by atoms with Gasteiger partial charge in [0, 0.05) is 18.0 Å². The molecular weight excluding hydrogens is 194 g/mol. The van der Waals surface area contributed by atoms with Crippen molar-refractivity contribution < 1.29 is 9.84 Å². The molecule has 84 valence electrons. The van der Waals surface area contributed by atoms with E-state index in [-0.39, 0.29) is 12.0 Å². The summed E-state index contributed by atoms with van der Waals surface area (Å²) >= 11 is 0. The number of H-pyrrole nitrogens is 1. The standard InChI is InChI=1S/C11H17NO3/c1-8(2)3-4-15-11-6-12-9(7-13)5-10(11)14/h5-6,8,13H,3-4,7H2,1-2H3,(H,12,14). The van der Waals surface area contributed by atoms with Gasteiger partial charge < -0.3 is 14.8 Å². The number of aliphatic hydroxyl groups is 1. The Kier molecular flexibility index (Phi) is 4.37. The van der Waals surface area contributed by atoms with Crippen LogP contribution in [0.25, 0.3) is 0 Å². The van der Waals surface area contributed by atoms with Crippen molar-refractivity contribution in [2.45, 2.75) is 26.9 Å². The number of ether oxygens (including phenoxy) is 1. The van der Waals surface area contributed by atoms with Crippen molar-refractivity contribution in [1.29, 1.82) is 0 Å². The van der Waals surface area contributed by atoms with Gasteiger partial charge in [0.25, 0.3) is 0 Å². The summed E-state index contributed by atoms with van der Waals surface area (Å²) < 4.78 is 5.32. The van der Waals surface area contributed by atoms with E-state index in [0.717, 1.165) is 6.42 Å². The van der Waals surface area contributed by atoms with E-state index >= 15 is 0 Å². The van der Waals surface area contributed by atoms with Gasteiger partial charge in [-0.05, 0) is 12.3 Å². The quantitative estimate of drug-likeness (QED) is 0.771. The summed E-state index contributed by atoms with van der Waals surface area (Å²) in [7, 11) is 0. The first kappa shape index (κ1) is 11.8. The Morgan fingerprint density at radius 2 is 2.27 bits per heavy atom. The van der Waals surface area contributed by atoms with Crippen LogP contribution < -0.4 is 10.2 Å². The summed E-state index contributed by atoms with van der Waals surface area (Å²) in [5, 5.41) is 8.79. The van der Waals surface area contributed by atoms with E-state index in [4.69, 9.17) is 9.84 Å². The zero-order chi connectivity index (χ0) is 11.3.